The van der Waals surface area contributed by atoms with E-state index >= 15 is 0 Å². The molecule has 62 valence electrons. The van der Waals surface area contributed by atoms with Crippen molar-refractivity contribution in [1.29, 1.82) is 0 Å². The fourth-order valence-electron chi connectivity index (χ4n) is 0.609. The zero-order valence-corrected chi connectivity index (χ0v) is 7.73. The molecule has 0 radical (unpaired) electrons. The van der Waals surface area contributed by atoms with E-state index < -0.39 is 0 Å². The van der Waals surface area contributed by atoms with E-state index in [1.165, 1.54) is 0 Å². The number of hydrogen-bond donors (Lipinski definition) is 0. The average Bonchev–Trinajstić information content (AvgIpc) is 2.57. The van der Waals surface area contributed by atoms with Gasteiger partial charge in [-0.15, -0.1) is 11.3 Å². The molecule has 1 nitrogen and oxygen atoms in total. The van der Waals surface area contributed by atoms with Crippen molar-refractivity contribution in [2.75, 3.05) is 0 Å². The number of hydrogen-bond acceptors (Lipinski definition) is 2. The average molecular weight is 178 g/mol. The van der Waals surface area contributed by atoms with E-state index in [1.807, 2.05) is 22.9 Å². The van der Waals surface area contributed by atoms with Crippen LogP contribution in [-0.4, -0.2) is 0 Å². The third kappa shape index (κ3) is 3.27. The van der Waals surface area contributed by atoms with Crippen LogP contribution in [0.1, 0.15) is 13.3 Å². The SMILES string of the molecule is CCC=CC#COc1ccsc1. The molecule has 0 aliphatic carbocycles. The standard InChI is InChI=1S/C10H10OS/c1-2-3-4-5-7-11-10-6-8-12-9-10/h3-4,6,8-9H,2H2,1H3. The lowest BCUT2D eigenvalue weighted by Gasteiger charge is -1.85. The molecule has 0 aliphatic rings. The topological polar surface area (TPSA) is 9.23 Å². The van der Waals surface area contributed by atoms with Crippen LogP contribution in [0.15, 0.2) is 29.0 Å². The maximum Gasteiger partial charge on any atom is 0.150 e. The van der Waals surface area contributed by atoms with Crippen molar-refractivity contribution < 1.29 is 4.74 Å². The maximum absolute atomic E-state index is 5.09. The van der Waals surface area contributed by atoms with Crippen LogP contribution in [0.2, 0.25) is 0 Å². The Bertz CT molecular complexity index is 287. The summed E-state index contributed by atoms with van der Waals surface area (Å²) in [6.45, 7) is 2.07. The molecular weight excluding hydrogens is 168 g/mol. The van der Waals surface area contributed by atoms with E-state index in [0.29, 0.717) is 0 Å². The second-order valence-electron chi connectivity index (χ2n) is 2.12. The van der Waals surface area contributed by atoms with E-state index in [0.717, 1.165) is 12.2 Å². The highest BCUT2D eigenvalue weighted by molar-refractivity contribution is 7.08. The summed E-state index contributed by atoms with van der Waals surface area (Å²) in [5.74, 6) is 3.59. The molecule has 1 rings (SSSR count). The Hall–Kier alpha value is -1.20. The minimum Gasteiger partial charge on any atom is -0.406 e. The Labute approximate surface area is 76.7 Å². The monoisotopic (exact) mass is 178 g/mol. The maximum atomic E-state index is 5.09. The molecule has 0 bridgehead atoms. The molecule has 0 unspecified atom stereocenters. The summed E-state index contributed by atoms with van der Waals surface area (Å²) in [4.78, 5) is 0. The first-order valence-electron chi connectivity index (χ1n) is 3.78. The van der Waals surface area contributed by atoms with Crippen LogP contribution >= 0.6 is 11.3 Å². The quantitative estimate of drug-likeness (QED) is 0.632. The summed E-state index contributed by atoms with van der Waals surface area (Å²) in [5, 5.41) is 3.87. The van der Waals surface area contributed by atoms with E-state index in [9.17, 15) is 0 Å². The van der Waals surface area contributed by atoms with Gasteiger partial charge in [-0.1, -0.05) is 13.0 Å². The van der Waals surface area contributed by atoms with Gasteiger partial charge in [-0.25, -0.2) is 0 Å². The molecule has 1 aromatic heterocycles. The summed E-state index contributed by atoms with van der Waals surface area (Å²) in [6, 6.07) is 1.89. The minimum atomic E-state index is 0.817. The largest absolute Gasteiger partial charge is 0.406 e. The first kappa shape index (κ1) is 8.89. The normalized spacial score (nSPS) is 9.42. The van der Waals surface area contributed by atoms with Gasteiger partial charge in [0.2, 0.25) is 0 Å². The highest BCUT2D eigenvalue weighted by atomic mass is 32.1. The summed E-state index contributed by atoms with van der Waals surface area (Å²) in [5.41, 5.74) is 0. The highest BCUT2D eigenvalue weighted by Crippen LogP contribution is 2.13. The molecule has 0 saturated carbocycles. The van der Waals surface area contributed by atoms with Gasteiger partial charge in [0, 0.05) is 5.38 Å². The van der Waals surface area contributed by atoms with E-state index in [-0.39, 0.29) is 0 Å². The smallest absolute Gasteiger partial charge is 0.150 e. The van der Waals surface area contributed by atoms with Crippen LogP contribution in [0.25, 0.3) is 0 Å². The van der Waals surface area contributed by atoms with Crippen molar-refractivity contribution in [3.8, 4) is 17.8 Å². The van der Waals surface area contributed by atoms with Gasteiger partial charge in [-0.2, -0.15) is 0 Å². The van der Waals surface area contributed by atoms with E-state index in [1.54, 1.807) is 17.4 Å². The van der Waals surface area contributed by atoms with Crippen LogP contribution in [0.4, 0.5) is 0 Å². The molecule has 12 heavy (non-hydrogen) atoms. The molecule has 0 aliphatic heterocycles. The van der Waals surface area contributed by atoms with E-state index in [2.05, 4.69) is 19.0 Å². The van der Waals surface area contributed by atoms with Gasteiger partial charge in [0.1, 0.15) is 6.11 Å². The molecule has 0 spiro atoms. The molecule has 0 amide bonds. The molecule has 0 aromatic carbocycles. The number of ether oxygens (including phenoxy) is 1. The predicted molar refractivity (Wildman–Crippen MR) is 52.2 cm³/mol. The van der Waals surface area contributed by atoms with Crippen molar-refractivity contribution in [2.24, 2.45) is 0 Å². The second-order valence-corrected chi connectivity index (χ2v) is 2.90. The molecule has 1 heterocycles. The van der Waals surface area contributed by atoms with Crippen molar-refractivity contribution in [2.45, 2.75) is 13.3 Å². The lowest BCUT2D eigenvalue weighted by Crippen LogP contribution is -1.76. The zero-order chi connectivity index (χ0) is 8.65. The Morgan fingerprint density at radius 2 is 2.58 bits per heavy atom. The first-order chi connectivity index (χ1) is 5.93. The summed E-state index contributed by atoms with van der Waals surface area (Å²) < 4.78 is 5.09. The Kier molecular flexibility index (Phi) is 4.04. The second kappa shape index (κ2) is 5.45. The molecule has 2 heteroatoms. The molecule has 0 fully saturated rings. The van der Waals surface area contributed by atoms with Crippen LogP contribution in [0.5, 0.6) is 5.75 Å². The molecule has 0 N–H and O–H groups in total. The van der Waals surface area contributed by atoms with Gasteiger partial charge in [0.15, 0.2) is 5.75 Å². The fourth-order valence-corrected chi connectivity index (χ4v) is 1.16. The van der Waals surface area contributed by atoms with Crippen LogP contribution in [-0.2, 0) is 0 Å². The summed E-state index contributed by atoms with van der Waals surface area (Å²) in [7, 11) is 0. The van der Waals surface area contributed by atoms with Crippen molar-refractivity contribution in [3.63, 3.8) is 0 Å². The summed E-state index contributed by atoms with van der Waals surface area (Å²) >= 11 is 1.60. The lowest BCUT2D eigenvalue weighted by molar-refractivity contribution is 0.522. The molecule has 0 saturated heterocycles. The number of rotatable bonds is 2. The number of allylic oxidation sites excluding steroid dienone is 2. The number of thiophene rings is 1. The van der Waals surface area contributed by atoms with Crippen LogP contribution < -0.4 is 4.74 Å². The lowest BCUT2D eigenvalue weighted by atomic mass is 10.4. The first-order valence-corrected chi connectivity index (χ1v) is 4.72. The highest BCUT2D eigenvalue weighted by Gasteiger charge is 1.86. The third-order valence-electron chi connectivity index (χ3n) is 1.16. The third-order valence-corrected chi connectivity index (χ3v) is 1.82. The Morgan fingerprint density at radius 1 is 1.67 bits per heavy atom. The predicted octanol–water partition coefficient (Wildman–Crippen LogP) is 3.05. The molecule has 1 aromatic rings. The Morgan fingerprint density at radius 3 is 3.25 bits per heavy atom. The molecule has 0 atom stereocenters. The van der Waals surface area contributed by atoms with Crippen LogP contribution in [0, 0.1) is 12.0 Å². The summed E-state index contributed by atoms with van der Waals surface area (Å²) in [6.07, 6.45) is 7.39. The fraction of sp³-hybridized carbons (Fsp3) is 0.200. The van der Waals surface area contributed by atoms with Gasteiger partial charge < -0.3 is 4.74 Å². The van der Waals surface area contributed by atoms with Crippen LogP contribution in [0.3, 0.4) is 0 Å². The molecular formula is C10H10OS. The van der Waals surface area contributed by atoms with Crippen molar-refractivity contribution >= 4 is 11.3 Å². The van der Waals surface area contributed by atoms with Gasteiger partial charge in [0.25, 0.3) is 0 Å². The van der Waals surface area contributed by atoms with Gasteiger partial charge in [-0.05, 0) is 29.9 Å². The zero-order valence-electron chi connectivity index (χ0n) is 6.91. The van der Waals surface area contributed by atoms with Gasteiger partial charge in [-0.3, -0.25) is 0 Å². The van der Waals surface area contributed by atoms with Crippen molar-refractivity contribution in [3.05, 3.63) is 29.0 Å². The Balaban J connectivity index is 2.33. The van der Waals surface area contributed by atoms with Gasteiger partial charge in [0.05, 0.1) is 0 Å². The van der Waals surface area contributed by atoms with E-state index in [4.69, 9.17) is 4.74 Å². The van der Waals surface area contributed by atoms with Gasteiger partial charge >= 0.3 is 0 Å². The van der Waals surface area contributed by atoms with Crippen molar-refractivity contribution in [1.82, 2.24) is 0 Å². The minimum absolute atomic E-state index is 0.817.